The van der Waals surface area contributed by atoms with Crippen molar-refractivity contribution < 1.29 is 9.47 Å². The van der Waals surface area contributed by atoms with Crippen LogP contribution in [0, 0.1) is 11.3 Å². The predicted molar refractivity (Wildman–Crippen MR) is 79.6 cm³/mol. The van der Waals surface area contributed by atoms with E-state index in [-0.39, 0.29) is 22.6 Å². The Morgan fingerprint density at radius 2 is 1.95 bits per heavy atom. The summed E-state index contributed by atoms with van der Waals surface area (Å²) in [4.78, 5) is 0. The van der Waals surface area contributed by atoms with Crippen molar-refractivity contribution in [3.8, 4) is 0 Å². The summed E-state index contributed by atoms with van der Waals surface area (Å²) in [5, 5.41) is 3.73. The maximum Gasteiger partial charge on any atom is 0.0726 e. The van der Waals surface area contributed by atoms with E-state index in [0.29, 0.717) is 12.0 Å². The van der Waals surface area contributed by atoms with Crippen molar-refractivity contribution in [2.45, 2.75) is 70.2 Å². The molecule has 2 heterocycles. The summed E-state index contributed by atoms with van der Waals surface area (Å²) in [5.41, 5.74) is 6.78. The van der Waals surface area contributed by atoms with Crippen molar-refractivity contribution in [1.29, 1.82) is 0 Å². The number of fused-ring (bicyclic) bond motifs is 1. The third-order valence-electron chi connectivity index (χ3n) is 6.57. The van der Waals surface area contributed by atoms with Crippen LogP contribution in [-0.4, -0.2) is 43.0 Å². The third kappa shape index (κ3) is 1.88. The van der Waals surface area contributed by atoms with E-state index in [4.69, 9.17) is 15.2 Å². The summed E-state index contributed by atoms with van der Waals surface area (Å²) in [6, 6.07) is 0. The summed E-state index contributed by atoms with van der Waals surface area (Å²) >= 11 is 0. The molecule has 0 aromatic heterocycles. The Kier molecular flexibility index (Phi) is 3.45. The van der Waals surface area contributed by atoms with Crippen LogP contribution in [0.3, 0.4) is 0 Å². The Morgan fingerprint density at radius 3 is 2.60 bits per heavy atom. The van der Waals surface area contributed by atoms with E-state index < -0.39 is 0 Å². The lowest BCUT2D eigenvalue weighted by Crippen LogP contribution is -2.81. The molecule has 0 amide bonds. The van der Waals surface area contributed by atoms with Gasteiger partial charge < -0.3 is 20.5 Å². The predicted octanol–water partition coefficient (Wildman–Crippen LogP) is 1.68. The van der Waals surface area contributed by atoms with Crippen molar-refractivity contribution >= 4 is 0 Å². The van der Waals surface area contributed by atoms with Crippen LogP contribution in [0.5, 0.6) is 0 Å². The largest absolute Gasteiger partial charge is 0.377 e. The van der Waals surface area contributed by atoms with E-state index in [2.05, 4.69) is 33.0 Å². The van der Waals surface area contributed by atoms with Crippen LogP contribution in [0.4, 0.5) is 0 Å². The summed E-state index contributed by atoms with van der Waals surface area (Å²) < 4.78 is 11.7. The van der Waals surface area contributed by atoms with Gasteiger partial charge in [0.1, 0.15) is 0 Å². The molecule has 20 heavy (non-hydrogen) atoms. The maximum atomic E-state index is 6.83. The Bertz CT molecular complexity index is 387. The molecule has 0 bridgehead atoms. The first-order valence-electron chi connectivity index (χ1n) is 8.08. The highest BCUT2D eigenvalue weighted by atomic mass is 16.5. The summed E-state index contributed by atoms with van der Waals surface area (Å²) in [6.45, 7) is 11.5. The molecule has 2 aliphatic heterocycles. The van der Waals surface area contributed by atoms with Gasteiger partial charge in [-0.25, -0.2) is 0 Å². The number of rotatable bonds is 3. The lowest BCUT2D eigenvalue weighted by atomic mass is 9.46. The molecule has 3 rings (SSSR count). The first-order chi connectivity index (χ1) is 9.31. The number of nitrogens with two attached hydrogens (primary N) is 1. The Morgan fingerprint density at radius 1 is 1.20 bits per heavy atom. The van der Waals surface area contributed by atoms with Gasteiger partial charge >= 0.3 is 0 Å². The number of hydrogen-bond acceptors (Lipinski definition) is 4. The van der Waals surface area contributed by atoms with Crippen LogP contribution in [0.1, 0.15) is 47.0 Å². The normalized spacial score (nSPS) is 50.5. The lowest BCUT2D eigenvalue weighted by molar-refractivity contribution is -0.226. The summed E-state index contributed by atoms with van der Waals surface area (Å²) in [5.74, 6) is 0.500. The van der Waals surface area contributed by atoms with E-state index >= 15 is 0 Å². The zero-order valence-electron chi connectivity index (χ0n) is 13.4. The average Bonchev–Trinajstić information content (AvgIpc) is 2.76. The van der Waals surface area contributed by atoms with Crippen LogP contribution in [-0.2, 0) is 9.47 Å². The van der Waals surface area contributed by atoms with Crippen LogP contribution in [0.15, 0.2) is 0 Å². The molecule has 3 N–H and O–H groups in total. The molecule has 5 atom stereocenters. The van der Waals surface area contributed by atoms with E-state index in [0.717, 1.165) is 32.6 Å². The van der Waals surface area contributed by atoms with Gasteiger partial charge in [0, 0.05) is 42.2 Å². The molecule has 0 aromatic carbocycles. The van der Waals surface area contributed by atoms with Gasteiger partial charge in [0.05, 0.1) is 12.2 Å². The molecule has 2 saturated heterocycles. The molecule has 0 spiro atoms. The van der Waals surface area contributed by atoms with Gasteiger partial charge in [-0.15, -0.1) is 0 Å². The van der Waals surface area contributed by atoms with Gasteiger partial charge in [-0.2, -0.15) is 0 Å². The molecular formula is C16H30N2O2. The fraction of sp³-hybridized carbons (Fsp3) is 1.00. The maximum absolute atomic E-state index is 6.83. The molecule has 0 aromatic rings. The Hall–Kier alpha value is -0.160. The molecule has 1 aliphatic carbocycles. The second-order valence-corrected chi connectivity index (χ2v) is 7.84. The van der Waals surface area contributed by atoms with Crippen molar-refractivity contribution in [2.24, 2.45) is 17.1 Å². The number of hydrogen-bond donors (Lipinski definition) is 2. The lowest BCUT2D eigenvalue weighted by Gasteiger charge is -2.67. The van der Waals surface area contributed by atoms with Crippen LogP contribution in [0.2, 0.25) is 0 Å². The van der Waals surface area contributed by atoms with Crippen molar-refractivity contribution in [2.75, 3.05) is 19.8 Å². The molecule has 116 valence electrons. The third-order valence-corrected chi connectivity index (χ3v) is 6.57. The Balaban J connectivity index is 1.69. The van der Waals surface area contributed by atoms with Gasteiger partial charge in [-0.1, -0.05) is 13.8 Å². The van der Waals surface area contributed by atoms with Gasteiger partial charge in [0.25, 0.3) is 0 Å². The minimum Gasteiger partial charge on any atom is -0.377 e. The molecule has 4 heteroatoms. The van der Waals surface area contributed by atoms with Crippen LogP contribution < -0.4 is 11.1 Å². The highest BCUT2D eigenvalue weighted by Gasteiger charge is 2.66. The quantitative estimate of drug-likeness (QED) is 0.827. The van der Waals surface area contributed by atoms with Crippen LogP contribution >= 0.6 is 0 Å². The summed E-state index contributed by atoms with van der Waals surface area (Å²) in [7, 11) is 0. The first kappa shape index (κ1) is 14.8. The molecule has 4 nitrogen and oxygen atoms in total. The number of ether oxygens (including phenoxy) is 2. The smallest absolute Gasteiger partial charge is 0.0726 e. The molecule has 3 fully saturated rings. The van der Waals surface area contributed by atoms with Crippen molar-refractivity contribution in [3.05, 3.63) is 0 Å². The monoisotopic (exact) mass is 282 g/mol. The van der Waals surface area contributed by atoms with Gasteiger partial charge in [0.15, 0.2) is 0 Å². The highest BCUT2D eigenvalue weighted by molar-refractivity contribution is 5.21. The van der Waals surface area contributed by atoms with Crippen LogP contribution in [0.25, 0.3) is 0 Å². The number of nitrogens with one attached hydrogen (secondary N) is 1. The molecule has 1 saturated carbocycles. The fourth-order valence-electron chi connectivity index (χ4n) is 4.44. The van der Waals surface area contributed by atoms with E-state index in [9.17, 15) is 0 Å². The SMILES string of the molecule is CC1OCCC1(C)NCC1(N)C2CCCOC2C1(C)C. The molecule has 0 radical (unpaired) electrons. The van der Waals surface area contributed by atoms with Gasteiger partial charge in [-0.05, 0) is 33.1 Å². The van der Waals surface area contributed by atoms with E-state index in [1.807, 2.05) is 0 Å². The molecule has 5 unspecified atom stereocenters. The minimum absolute atomic E-state index is 0.0458. The Labute approximate surface area is 122 Å². The topological polar surface area (TPSA) is 56.5 Å². The second kappa shape index (κ2) is 4.67. The minimum atomic E-state index is -0.163. The fourth-order valence-corrected chi connectivity index (χ4v) is 4.44. The summed E-state index contributed by atoms with van der Waals surface area (Å²) in [6.07, 6.45) is 4.01. The average molecular weight is 282 g/mol. The van der Waals surface area contributed by atoms with Gasteiger partial charge in [-0.3, -0.25) is 0 Å². The zero-order valence-corrected chi connectivity index (χ0v) is 13.4. The van der Waals surface area contributed by atoms with Crippen molar-refractivity contribution in [3.63, 3.8) is 0 Å². The van der Waals surface area contributed by atoms with Crippen molar-refractivity contribution in [1.82, 2.24) is 5.32 Å². The van der Waals surface area contributed by atoms with E-state index in [1.54, 1.807) is 0 Å². The molecular weight excluding hydrogens is 252 g/mol. The zero-order chi connectivity index (χ0) is 14.6. The standard InChI is InChI=1S/C16H30N2O2/c1-11-15(4,7-9-19-11)18-10-16(17)12-6-5-8-20-13(12)14(16,2)3/h11-13,18H,5-10,17H2,1-4H3. The van der Waals surface area contributed by atoms with E-state index in [1.165, 1.54) is 6.42 Å². The van der Waals surface area contributed by atoms with Gasteiger partial charge in [0.2, 0.25) is 0 Å². The second-order valence-electron chi connectivity index (χ2n) is 7.84. The first-order valence-corrected chi connectivity index (χ1v) is 8.08. The highest BCUT2D eigenvalue weighted by Crippen LogP contribution is 2.57. The molecule has 3 aliphatic rings.